The SMILES string of the molecule is CCOC(=O)c1ccc(NC(=O)c2ccc(N(Cc3ccccc3Cl)S(C)(=O)=O)cc2)cc1. The van der Waals surface area contributed by atoms with Crippen LogP contribution >= 0.6 is 11.6 Å². The van der Waals surface area contributed by atoms with Gasteiger partial charge in [-0.25, -0.2) is 13.2 Å². The number of ether oxygens (including phenoxy) is 1. The molecule has 1 amide bonds. The molecule has 0 aliphatic rings. The van der Waals surface area contributed by atoms with Crippen LogP contribution in [0.15, 0.2) is 72.8 Å². The van der Waals surface area contributed by atoms with Crippen LogP contribution in [-0.4, -0.2) is 33.2 Å². The van der Waals surface area contributed by atoms with Crippen molar-refractivity contribution in [3.63, 3.8) is 0 Å². The van der Waals surface area contributed by atoms with Gasteiger partial charge in [0.1, 0.15) is 0 Å². The van der Waals surface area contributed by atoms with Gasteiger partial charge in [-0.2, -0.15) is 0 Å². The molecule has 0 saturated carbocycles. The maximum Gasteiger partial charge on any atom is 0.338 e. The lowest BCUT2D eigenvalue weighted by atomic mass is 10.1. The van der Waals surface area contributed by atoms with Crippen molar-refractivity contribution in [2.75, 3.05) is 22.5 Å². The van der Waals surface area contributed by atoms with E-state index in [0.717, 1.165) is 6.26 Å². The van der Waals surface area contributed by atoms with Crippen molar-refractivity contribution >= 4 is 44.9 Å². The number of carbonyl (C=O) groups is 2. The van der Waals surface area contributed by atoms with Gasteiger partial charge in [0.25, 0.3) is 5.91 Å². The third-order valence-electron chi connectivity index (χ3n) is 4.74. The molecule has 3 rings (SSSR count). The molecular formula is C24H23ClN2O5S. The molecule has 172 valence electrons. The fraction of sp³-hybridized carbons (Fsp3) is 0.167. The largest absolute Gasteiger partial charge is 0.462 e. The highest BCUT2D eigenvalue weighted by molar-refractivity contribution is 7.92. The predicted molar refractivity (Wildman–Crippen MR) is 129 cm³/mol. The number of nitrogens with zero attached hydrogens (tertiary/aromatic N) is 1. The summed E-state index contributed by atoms with van der Waals surface area (Å²) in [6.07, 6.45) is 1.12. The standard InChI is InChI=1S/C24H23ClN2O5S/c1-3-32-24(29)18-8-12-20(13-9-18)26-23(28)17-10-14-21(15-11-17)27(33(2,30)31)16-19-6-4-5-7-22(19)25/h4-15H,3,16H2,1-2H3,(H,26,28). The van der Waals surface area contributed by atoms with Crippen molar-refractivity contribution in [2.45, 2.75) is 13.5 Å². The molecule has 7 nitrogen and oxygen atoms in total. The van der Waals surface area contributed by atoms with E-state index >= 15 is 0 Å². The van der Waals surface area contributed by atoms with Gasteiger partial charge >= 0.3 is 5.97 Å². The summed E-state index contributed by atoms with van der Waals surface area (Å²) in [5, 5.41) is 3.21. The first kappa shape index (κ1) is 24.3. The minimum atomic E-state index is -3.59. The Labute approximate surface area is 198 Å². The van der Waals surface area contributed by atoms with Crippen LogP contribution in [0.2, 0.25) is 5.02 Å². The summed E-state index contributed by atoms with van der Waals surface area (Å²) in [5.41, 5.74) is 2.32. The lowest BCUT2D eigenvalue weighted by molar-refractivity contribution is 0.0526. The highest BCUT2D eigenvalue weighted by Gasteiger charge is 2.19. The van der Waals surface area contributed by atoms with Crippen LogP contribution in [0.5, 0.6) is 0 Å². The van der Waals surface area contributed by atoms with E-state index in [2.05, 4.69) is 5.32 Å². The van der Waals surface area contributed by atoms with Crippen molar-refractivity contribution in [2.24, 2.45) is 0 Å². The third kappa shape index (κ3) is 6.34. The van der Waals surface area contributed by atoms with Gasteiger partial charge in [0.2, 0.25) is 10.0 Å². The Kier molecular flexibility index (Phi) is 7.73. The van der Waals surface area contributed by atoms with Crippen LogP contribution in [0.25, 0.3) is 0 Å². The van der Waals surface area contributed by atoms with Crippen LogP contribution in [0, 0.1) is 0 Å². The molecule has 9 heteroatoms. The number of hydrogen-bond donors (Lipinski definition) is 1. The van der Waals surface area contributed by atoms with Crippen molar-refractivity contribution in [3.05, 3.63) is 94.5 Å². The van der Waals surface area contributed by atoms with Crippen molar-refractivity contribution in [1.82, 2.24) is 0 Å². The molecule has 3 aromatic carbocycles. The first-order chi connectivity index (χ1) is 15.7. The monoisotopic (exact) mass is 486 g/mol. The predicted octanol–water partition coefficient (Wildman–Crippen LogP) is 4.74. The molecule has 1 N–H and O–H groups in total. The molecule has 0 saturated heterocycles. The van der Waals surface area contributed by atoms with E-state index in [-0.39, 0.29) is 19.1 Å². The van der Waals surface area contributed by atoms with E-state index in [1.54, 1.807) is 79.7 Å². The molecule has 33 heavy (non-hydrogen) atoms. The fourth-order valence-corrected chi connectivity index (χ4v) is 4.14. The maximum atomic E-state index is 12.6. The Hall–Kier alpha value is -3.36. The third-order valence-corrected chi connectivity index (χ3v) is 6.25. The Morgan fingerprint density at radius 3 is 2.12 bits per heavy atom. The summed E-state index contributed by atoms with van der Waals surface area (Å²) < 4.78 is 31.0. The Bertz CT molecular complexity index is 1240. The Morgan fingerprint density at radius 1 is 0.939 bits per heavy atom. The zero-order chi connectivity index (χ0) is 24.0. The summed E-state index contributed by atoms with van der Waals surface area (Å²) in [5.74, 6) is -0.805. The van der Waals surface area contributed by atoms with E-state index in [1.165, 1.54) is 4.31 Å². The summed E-state index contributed by atoms with van der Waals surface area (Å²) in [6, 6.07) is 19.6. The minimum Gasteiger partial charge on any atom is -0.462 e. The van der Waals surface area contributed by atoms with Crippen LogP contribution in [0.1, 0.15) is 33.2 Å². The highest BCUT2D eigenvalue weighted by Crippen LogP contribution is 2.25. The maximum absolute atomic E-state index is 12.6. The molecule has 0 atom stereocenters. The lowest BCUT2D eigenvalue weighted by Gasteiger charge is -2.23. The summed E-state index contributed by atoms with van der Waals surface area (Å²) >= 11 is 6.19. The van der Waals surface area contributed by atoms with Crippen LogP contribution in [0.3, 0.4) is 0 Å². The fourth-order valence-electron chi connectivity index (χ4n) is 3.07. The molecular weight excluding hydrogens is 464 g/mol. The van der Waals surface area contributed by atoms with E-state index in [1.807, 2.05) is 0 Å². The second kappa shape index (κ2) is 10.5. The normalized spacial score (nSPS) is 11.0. The number of carbonyl (C=O) groups excluding carboxylic acids is 2. The average Bonchev–Trinajstić information content (AvgIpc) is 2.78. The number of halogens is 1. The van der Waals surface area contributed by atoms with Gasteiger partial charge in [0, 0.05) is 16.3 Å². The molecule has 0 aliphatic carbocycles. The molecule has 0 unspecified atom stereocenters. The van der Waals surface area contributed by atoms with Gasteiger partial charge in [0.15, 0.2) is 0 Å². The first-order valence-electron chi connectivity index (χ1n) is 10.1. The summed E-state index contributed by atoms with van der Waals surface area (Å²) in [4.78, 5) is 24.3. The minimum absolute atomic E-state index is 0.0663. The first-order valence-corrected chi connectivity index (χ1v) is 12.3. The second-order valence-corrected chi connectivity index (χ2v) is 9.47. The number of hydrogen-bond acceptors (Lipinski definition) is 5. The van der Waals surface area contributed by atoms with Gasteiger partial charge in [-0.1, -0.05) is 29.8 Å². The van der Waals surface area contributed by atoms with Gasteiger partial charge in [0.05, 0.1) is 30.7 Å². The van der Waals surface area contributed by atoms with E-state index in [4.69, 9.17) is 16.3 Å². The van der Waals surface area contributed by atoms with Crippen molar-refractivity contribution in [1.29, 1.82) is 0 Å². The molecule has 0 fully saturated rings. The number of sulfonamides is 1. The lowest BCUT2D eigenvalue weighted by Crippen LogP contribution is -2.29. The summed E-state index contributed by atoms with van der Waals surface area (Å²) in [6.45, 7) is 2.07. The van der Waals surface area contributed by atoms with E-state index in [0.29, 0.717) is 33.1 Å². The van der Waals surface area contributed by atoms with Gasteiger partial charge < -0.3 is 10.1 Å². The molecule has 0 aromatic heterocycles. The number of benzene rings is 3. The second-order valence-electron chi connectivity index (χ2n) is 7.16. The Morgan fingerprint density at radius 2 is 1.55 bits per heavy atom. The average molecular weight is 487 g/mol. The van der Waals surface area contributed by atoms with Crippen molar-refractivity contribution in [3.8, 4) is 0 Å². The van der Waals surface area contributed by atoms with Crippen LogP contribution in [-0.2, 0) is 21.3 Å². The van der Waals surface area contributed by atoms with Crippen molar-refractivity contribution < 1.29 is 22.7 Å². The van der Waals surface area contributed by atoms with Crippen LogP contribution < -0.4 is 9.62 Å². The molecule has 3 aromatic rings. The zero-order valence-electron chi connectivity index (χ0n) is 18.1. The van der Waals surface area contributed by atoms with E-state index < -0.39 is 16.0 Å². The number of amides is 1. The quantitative estimate of drug-likeness (QED) is 0.464. The molecule has 0 bridgehead atoms. The number of esters is 1. The molecule has 0 radical (unpaired) electrons. The number of nitrogens with one attached hydrogen (secondary N) is 1. The number of anilines is 2. The van der Waals surface area contributed by atoms with Gasteiger partial charge in [-0.15, -0.1) is 0 Å². The summed E-state index contributed by atoms with van der Waals surface area (Å²) in [7, 11) is -3.59. The smallest absolute Gasteiger partial charge is 0.338 e. The molecule has 0 aliphatic heterocycles. The zero-order valence-corrected chi connectivity index (χ0v) is 19.7. The van der Waals surface area contributed by atoms with E-state index in [9.17, 15) is 18.0 Å². The molecule has 0 spiro atoms. The highest BCUT2D eigenvalue weighted by atomic mass is 35.5. The molecule has 0 heterocycles. The van der Waals surface area contributed by atoms with Gasteiger partial charge in [-0.3, -0.25) is 9.10 Å². The van der Waals surface area contributed by atoms with Crippen LogP contribution in [0.4, 0.5) is 11.4 Å². The van der Waals surface area contributed by atoms with Gasteiger partial charge in [-0.05, 0) is 67.1 Å². The topological polar surface area (TPSA) is 92.8 Å². The Balaban J connectivity index is 1.74. The number of rotatable bonds is 8.